The smallest absolute Gasteiger partial charge is 0.282 e. The molecule has 2 saturated heterocycles. The van der Waals surface area contributed by atoms with Gasteiger partial charge in [0.05, 0.1) is 12.2 Å². The number of nitrogens with one attached hydrogen (secondary N) is 1. The van der Waals surface area contributed by atoms with Crippen LogP contribution in [0.2, 0.25) is 0 Å². The van der Waals surface area contributed by atoms with E-state index >= 15 is 0 Å². The number of anilines is 1. The summed E-state index contributed by atoms with van der Waals surface area (Å²) in [6.07, 6.45) is 3.33. The molecule has 10 nitrogen and oxygen atoms in total. The summed E-state index contributed by atoms with van der Waals surface area (Å²) in [7, 11) is -3.53. The number of carbonyl (C=O) groups is 1. The van der Waals surface area contributed by atoms with Crippen LogP contribution in [0.4, 0.5) is 5.95 Å². The van der Waals surface area contributed by atoms with Crippen LogP contribution in [0.5, 0.6) is 0 Å². The normalized spacial score (nSPS) is 24.9. The number of ether oxygens (including phenoxy) is 1. The van der Waals surface area contributed by atoms with Crippen LogP contribution in [0.15, 0.2) is 18.5 Å². The summed E-state index contributed by atoms with van der Waals surface area (Å²) < 4.78 is 34.4. The first-order valence-corrected chi connectivity index (χ1v) is 11.0. The molecular weight excluding hydrogens is 384 g/mol. The molecule has 1 aromatic heterocycles. The first-order valence-electron chi connectivity index (χ1n) is 9.55. The van der Waals surface area contributed by atoms with Crippen molar-refractivity contribution in [2.45, 2.75) is 32.5 Å². The number of morpholine rings is 1. The first-order chi connectivity index (χ1) is 13.4. The third-order valence-corrected chi connectivity index (χ3v) is 6.79. The van der Waals surface area contributed by atoms with Crippen molar-refractivity contribution in [3.05, 3.63) is 18.5 Å². The maximum Gasteiger partial charge on any atom is 0.282 e. The Morgan fingerprint density at radius 1 is 1.11 bits per heavy atom. The van der Waals surface area contributed by atoms with Gasteiger partial charge < -0.3 is 15.0 Å². The quantitative estimate of drug-likeness (QED) is 0.688. The molecule has 0 unspecified atom stereocenters. The molecule has 2 aliphatic rings. The van der Waals surface area contributed by atoms with Crippen LogP contribution in [-0.2, 0) is 19.7 Å². The zero-order valence-corrected chi connectivity index (χ0v) is 17.1. The molecule has 0 spiro atoms. The van der Waals surface area contributed by atoms with E-state index in [0.29, 0.717) is 58.2 Å². The number of carbonyl (C=O) groups excluding carboxylic acids is 1. The number of piperazine rings is 1. The van der Waals surface area contributed by atoms with Crippen molar-refractivity contribution in [3.63, 3.8) is 0 Å². The van der Waals surface area contributed by atoms with Crippen LogP contribution in [0, 0.1) is 0 Å². The van der Waals surface area contributed by atoms with E-state index in [-0.39, 0.29) is 18.1 Å². The van der Waals surface area contributed by atoms with Crippen molar-refractivity contribution in [1.29, 1.82) is 0 Å². The summed E-state index contributed by atoms with van der Waals surface area (Å²) in [5.41, 5.74) is 0. The molecule has 0 saturated carbocycles. The van der Waals surface area contributed by atoms with Gasteiger partial charge in [-0.25, -0.2) is 9.97 Å². The van der Waals surface area contributed by atoms with Gasteiger partial charge in [0.2, 0.25) is 11.9 Å². The lowest BCUT2D eigenvalue weighted by atomic mass is 10.3. The topological polar surface area (TPSA) is 108 Å². The van der Waals surface area contributed by atoms with Gasteiger partial charge in [0.1, 0.15) is 0 Å². The predicted octanol–water partition coefficient (Wildman–Crippen LogP) is -0.223. The number of rotatable bonds is 6. The minimum atomic E-state index is -3.53. The lowest BCUT2D eigenvalue weighted by Crippen LogP contribution is -2.57. The van der Waals surface area contributed by atoms with Crippen LogP contribution in [-0.4, -0.2) is 95.8 Å². The molecule has 0 radical (unpaired) electrons. The summed E-state index contributed by atoms with van der Waals surface area (Å²) in [5, 5.41) is 3.00. The van der Waals surface area contributed by atoms with Crippen LogP contribution < -0.4 is 5.32 Å². The standard InChI is InChI=1S/C17H28N6O4S/c1-14-12-23(13-15(2)27-14)28(25,26)22-10-8-21(9-11-22)16(24)4-7-20-17-18-5-3-6-19-17/h3,5-6,14-15H,4,7-13H2,1-2H3,(H,18,19,20)/t14-,15+. The highest BCUT2D eigenvalue weighted by molar-refractivity contribution is 7.86. The number of hydrogen-bond donors (Lipinski definition) is 1. The Kier molecular flexibility index (Phi) is 6.81. The molecule has 3 rings (SSSR count). The molecule has 2 fully saturated rings. The number of hydrogen-bond acceptors (Lipinski definition) is 7. The lowest BCUT2D eigenvalue weighted by Gasteiger charge is -2.40. The second-order valence-corrected chi connectivity index (χ2v) is 9.04. The van der Waals surface area contributed by atoms with Crippen molar-refractivity contribution in [3.8, 4) is 0 Å². The fraction of sp³-hybridized carbons (Fsp3) is 0.706. The zero-order valence-electron chi connectivity index (χ0n) is 16.3. The Hall–Kier alpha value is -1.82. The molecule has 0 bridgehead atoms. The highest BCUT2D eigenvalue weighted by Gasteiger charge is 2.37. The third kappa shape index (κ3) is 5.16. The Bertz CT molecular complexity index is 744. The number of nitrogens with zero attached hydrogens (tertiary/aromatic N) is 5. The van der Waals surface area contributed by atoms with Gasteiger partial charge in [-0.3, -0.25) is 4.79 Å². The summed E-state index contributed by atoms with van der Waals surface area (Å²) in [6, 6.07) is 1.72. The summed E-state index contributed by atoms with van der Waals surface area (Å²) >= 11 is 0. The molecule has 2 aliphatic heterocycles. The maximum atomic E-state index is 12.9. The summed E-state index contributed by atoms with van der Waals surface area (Å²) in [5.74, 6) is 0.481. The van der Waals surface area contributed by atoms with Crippen LogP contribution >= 0.6 is 0 Å². The molecule has 1 N–H and O–H groups in total. The van der Waals surface area contributed by atoms with E-state index in [0.717, 1.165) is 0 Å². The minimum absolute atomic E-state index is 0.00547. The van der Waals surface area contributed by atoms with Crippen molar-refractivity contribution in [2.75, 3.05) is 51.1 Å². The van der Waals surface area contributed by atoms with E-state index in [1.807, 2.05) is 13.8 Å². The SMILES string of the molecule is C[C@@H]1CN(S(=O)(=O)N2CCN(C(=O)CCNc3ncccn3)CC2)C[C@H](C)O1. The van der Waals surface area contributed by atoms with E-state index in [1.165, 1.54) is 8.61 Å². The predicted molar refractivity (Wildman–Crippen MR) is 104 cm³/mol. The third-order valence-electron chi connectivity index (χ3n) is 4.82. The van der Waals surface area contributed by atoms with Crippen molar-refractivity contribution in [2.24, 2.45) is 0 Å². The highest BCUT2D eigenvalue weighted by Crippen LogP contribution is 2.19. The van der Waals surface area contributed by atoms with Gasteiger partial charge in [-0.1, -0.05) is 0 Å². The Labute approximate surface area is 166 Å². The molecule has 28 heavy (non-hydrogen) atoms. The van der Waals surface area contributed by atoms with E-state index < -0.39 is 10.2 Å². The lowest BCUT2D eigenvalue weighted by molar-refractivity contribution is -0.132. The first kappa shape index (κ1) is 20.9. The summed E-state index contributed by atoms with van der Waals surface area (Å²) in [6.45, 7) is 6.33. The molecule has 11 heteroatoms. The van der Waals surface area contributed by atoms with E-state index in [1.54, 1.807) is 23.4 Å². The summed E-state index contributed by atoms with van der Waals surface area (Å²) in [4.78, 5) is 22.2. The Morgan fingerprint density at radius 2 is 1.71 bits per heavy atom. The van der Waals surface area contributed by atoms with Gasteiger partial charge >= 0.3 is 0 Å². The van der Waals surface area contributed by atoms with E-state index in [9.17, 15) is 13.2 Å². The van der Waals surface area contributed by atoms with Crippen LogP contribution in [0.3, 0.4) is 0 Å². The van der Waals surface area contributed by atoms with Gasteiger partial charge in [-0.15, -0.1) is 0 Å². The Morgan fingerprint density at radius 3 is 2.32 bits per heavy atom. The molecule has 3 heterocycles. The van der Waals surface area contributed by atoms with Gasteiger partial charge in [0, 0.05) is 64.6 Å². The fourth-order valence-corrected chi connectivity index (χ4v) is 5.23. The van der Waals surface area contributed by atoms with E-state index in [2.05, 4.69) is 15.3 Å². The molecule has 0 aliphatic carbocycles. The van der Waals surface area contributed by atoms with Gasteiger partial charge in [-0.2, -0.15) is 17.0 Å². The maximum absolute atomic E-state index is 12.9. The fourth-order valence-electron chi connectivity index (χ4n) is 3.48. The van der Waals surface area contributed by atoms with Gasteiger partial charge in [0.15, 0.2) is 0 Å². The van der Waals surface area contributed by atoms with Gasteiger partial charge in [-0.05, 0) is 19.9 Å². The molecule has 1 aromatic rings. The average molecular weight is 413 g/mol. The molecule has 2 atom stereocenters. The number of aromatic nitrogens is 2. The van der Waals surface area contributed by atoms with Crippen LogP contribution in [0.1, 0.15) is 20.3 Å². The van der Waals surface area contributed by atoms with Crippen molar-refractivity contribution >= 4 is 22.1 Å². The number of amides is 1. The molecular formula is C17H28N6O4S. The molecule has 0 aromatic carbocycles. The second-order valence-electron chi connectivity index (χ2n) is 7.11. The highest BCUT2D eigenvalue weighted by atomic mass is 32.2. The monoisotopic (exact) mass is 412 g/mol. The average Bonchev–Trinajstić information content (AvgIpc) is 2.68. The van der Waals surface area contributed by atoms with Crippen molar-refractivity contribution < 1.29 is 17.9 Å². The Balaban J connectivity index is 1.46. The van der Waals surface area contributed by atoms with Crippen LogP contribution in [0.25, 0.3) is 0 Å². The van der Waals surface area contributed by atoms with E-state index in [4.69, 9.17) is 4.74 Å². The molecule has 1 amide bonds. The minimum Gasteiger partial charge on any atom is -0.373 e. The largest absolute Gasteiger partial charge is 0.373 e. The van der Waals surface area contributed by atoms with Gasteiger partial charge in [0.25, 0.3) is 10.2 Å². The zero-order chi connectivity index (χ0) is 20.1. The molecule has 156 valence electrons. The van der Waals surface area contributed by atoms with Crippen molar-refractivity contribution in [1.82, 2.24) is 23.5 Å². The second kappa shape index (κ2) is 9.12.